The molecule has 76 valence electrons. The molecule has 3 nitrogen and oxygen atoms in total. The molecule has 2 rings (SSSR count). The SMILES string of the molecule is CC1(C)C(N)C1c1cc(Cl)nnc1Cl. The van der Waals surface area contributed by atoms with Crippen LogP contribution in [0.5, 0.6) is 0 Å². The van der Waals surface area contributed by atoms with Crippen molar-refractivity contribution in [3.63, 3.8) is 0 Å². The molecule has 1 aromatic heterocycles. The zero-order valence-electron chi connectivity index (χ0n) is 7.96. The van der Waals surface area contributed by atoms with E-state index in [9.17, 15) is 0 Å². The molecule has 0 aromatic carbocycles. The second-order valence-corrected chi connectivity index (χ2v) is 4.98. The quantitative estimate of drug-likeness (QED) is 0.807. The fourth-order valence-corrected chi connectivity index (χ4v) is 2.22. The van der Waals surface area contributed by atoms with E-state index in [4.69, 9.17) is 28.9 Å². The molecule has 1 heterocycles. The minimum atomic E-state index is 0.0794. The van der Waals surface area contributed by atoms with Gasteiger partial charge >= 0.3 is 0 Å². The van der Waals surface area contributed by atoms with Crippen molar-refractivity contribution in [3.05, 3.63) is 21.9 Å². The van der Waals surface area contributed by atoms with E-state index < -0.39 is 0 Å². The van der Waals surface area contributed by atoms with E-state index in [0.717, 1.165) is 5.56 Å². The van der Waals surface area contributed by atoms with Gasteiger partial charge in [-0.1, -0.05) is 37.0 Å². The summed E-state index contributed by atoms with van der Waals surface area (Å²) in [7, 11) is 0. The zero-order valence-corrected chi connectivity index (χ0v) is 9.47. The third-order valence-electron chi connectivity index (χ3n) is 2.99. The van der Waals surface area contributed by atoms with Crippen LogP contribution in [0.1, 0.15) is 25.3 Å². The van der Waals surface area contributed by atoms with E-state index in [0.29, 0.717) is 10.3 Å². The molecule has 2 atom stereocenters. The van der Waals surface area contributed by atoms with Gasteiger partial charge in [0.15, 0.2) is 10.3 Å². The van der Waals surface area contributed by atoms with Crippen molar-refractivity contribution < 1.29 is 0 Å². The summed E-state index contributed by atoms with van der Waals surface area (Å²) in [4.78, 5) is 0. The Morgan fingerprint density at radius 3 is 2.43 bits per heavy atom. The number of hydrogen-bond donors (Lipinski definition) is 1. The van der Waals surface area contributed by atoms with Gasteiger partial charge in [0, 0.05) is 12.0 Å². The maximum atomic E-state index is 5.95. The lowest BCUT2D eigenvalue weighted by molar-refractivity contribution is 0.598. The summed E-state index contributed by atoms with van der Waals surface area (Å²) in [5.41, 5.74) is 6.93. The molecular formula is C9H11Cl2N3. The summed E-state index contributed by atoms with van der Waals surface area (Å²) in [6.45, 7) is 4.21. The van der Waals surface area contributed by atoms with Gasteiger partial charge in [0.2, 0.25) is 0 Å². The van der Waals surface area contributed by atoms with Gasteiger partial charge in [0.25, 0.3) is 0 Å². The molecular weight excluding hydrogens is 221 g/mol. The molecule has 0 amide bonds. The van der Waals surface area contributed by atoms with E-state index in [-0.39, 0.29) is 17.4 Å². The Bertz CT molecular complexity index is 378. The maximum Gasteiger partial charge on any atom is 0.155 e. The van der Waals surface area contributed by atoms with Crippen molar-refractivity contribution in [2.75, 3.05) is 0 Å². The van der Waals surface area contributed by atoms with Gasteiger partial charge in [-0.2, -0.15) is 0 Å². The first-order valence-electron chi connectivity index (χ1n) is 4.39. The van der Waals surface area contributed by atoms with Crippen LogP contribution in [0.25, 0.3) is 0 Å². The van der Waals surface area contributed by atoms with E-state index in [1.54, 1.807) is 6.07 Å². The van der Waals surface area contributed by atoms with E-state index in [1.807, 2.05) is 0 Å². The highest BCUT2D eigenvalue weighted by molar-refractivity contribution is 6.31. The minimum absolute atomic E-state index is 0.0794. The van der Waals surface area contributed by atoms with Crippen molar-refractivity contribution in [3.8, 4) is 0 Å². The van der Waals surface area contributed by atoms with Crippen LogP contribution in [-0.2, 0) is 0 Å². The summed E-state index contributed by atoms with van der Waals surface area (Å²) < 4.78 is 0. The summed E-state index contributed by atoms with van der Waals surface area (Å²) in [6, 6.07) is 1.87. The molecule has 1 aromatic rings. The Balaban J connectivity index is 2.39. The summed E-state index contributed by atoms with van der Waals surface area (Å²) in [5.74, 6) is 0.239. The molecule has 2 N–H and O–H groups in total. The van der Waals surface area contributed by atoms with E-state index in [2.05, 4.69) is 24.0 Å². The minimum Gasteiger partial charge on any atom is -0.327 e. The van der Waals surface area contributed by atoms with Crippen LogP contribution in [0.15, 0.2) is 6.07 Å². The van der Waals surface area contributed by atoms with Crippen molar-refractivity contribution in [2.45, 2.75) is 25.8 Å². The van der Waals surface area contributed by atoms with Crippen LogP contribution < -0.4 is 5.73 Å². The summed E-state index contributed by atoms with van der Waals surface area (Å²) in [6.07, 6.45) is 0. The zero-order chi connectivity index (χ0) is 10.5. The Labute approximate surface area is 92.6 Å². The molecule has 1 aliphatic rings. The largest absolute Gasteiger partial charge is 0.327 e. The first-order valence-corrected chi connectivity index (χ1v) is 5.14. The van der Waals surface area contributed by atoms with Crippen molar-refractivity contribution in [1.29, 1.82) is 0 Å². The van der Waals surface area contributed by atoms with E-state index >= 15 is 0 Å². The van der Waals surface area contributed by atoms with Gasteiger partial charge in [-0.05, 0) is 17.0 Å². The molecule has 1 aliphatic carbocycles. The van der Waals surface area contributed by atoms with Crippen molar-refractivity contribution in [1.82, 2.24) is 10.2 Å². The lowest BCUT2D eigenvalue weighted by atomic mass is 10.1. The fourth-order valence-electron chi connectivity index (χ4n) is 1.86. The number of halogens is 2. The molecule has 1 saturated carbocycles. The highest BCUT2D eigenvalue weighted by atomic mass is 35.5. The molecule has 0 radical (unpaired) electrons. The Hall–Kier alpha value is -0.380. The second kappa shape index (κ2) is 3.05. The number of nitrogens with zero attached hydrogens (tertiary/aromatic N) is 2. The predicted octanol–water partition coefficient (Wildman–Crippen LogP) is 2.23. The number of hydrogen-bond acceptors (Lipinski definition) is 3. The molecule has 0 spiro atoms. The smallest absolute Gasteiger partial charge is 0.155 e. The van der Waals surface area contributed by atoms with Gasteiger partial charge in [-0.25, -0.2) is 0 Å². The standard InChI is InChI=1S/C9H11Cl2N3/c1-9(2)6(7(9)12)4-3-5(10)13-14-8(4)11/h3,6-7H,12H2,1-2H3. The molecule has 0 bridgehead atoms. The van der Waals surface area contributed by atoms with Crippen LogP contribution in [0.4, 0.5) is 0 Å². The number of nitrogens with two attached hydrogens (primary N) is 1. The monoisotopic (exact) mass is 231 g/mol. The van der Waals surface area contributed by atoms with Gasteiger partial charge in [-0.15, -0.1) is 10.2 Å². The predicted molar refractivity (Wildman–Crippen MR) is 56.5 cm³/mol. The van der Waals surface area contributed by atoms with Crippen LogP contribution in [0.2, 0.25) is 10.3 Å². The van der Waals surface area contributed by atoms with Crippen LogP contribution in [0.3, 0.4) is 0 Å². The molecule has 1 fully saturated rings. The summed E-state index contributed by atoms with van der Waals surface area (Å²) >= 11 is 11.7. The normalized spacial score (nSPS) is 28.9. The lowest BCUT2D eigenvalue weighted by Crippen LogP contribution is -2.06. The van der Waals surface area contributed by atoms with Gasteiger partial charge < -0.3 is 5.73 Å². The summed E-state index contributed by atoms with van der Waals surface area (Å²) in [5, 5.41) is 8.20. The first-order chi connectivity index (χ1) is 6.44. The molecule has 2 unspecified atom stereocenters. The Morgan fingerprint density at radius 1 is 1.36 bits per heavy atom. The maximum absolute atomic E-state index is 5.95. The topological polar surface area (TPSA) is 51.8 Å². The van der Waals surface area contributed by atoms with E-state index in [1.165, 1.54) is 0 Å². The van der Waals surface area contributed by atoms with Crippen LogP contribution in [-0.4, -0.2) is 16.2 Å². The average Bonchev–Trinajstić information content (AvgIpc) is 2.58. The number of rotatable bonds is 1. The molecule has 14 heavy (non-hydrogen) atoms. The van der Waals surface area contributed by atoms with Gasteiger partial charge in [-0.3, -0.25) is 0 Å². The van der Waals surface area contributed by atoms with Crippen LogP contribution in [0, 0.1) is 5.41 Å². The Kier molecular flexibility index (Phi) is 2.21. The van der Waals surface area contributed by atoms with Crippen molar-refractivity contribution in [2.24, 2.45) is 11.1 Å². The van der Waals surface area contributed by atoms with Gasteiger partial charge in [0.1, 0.15) is 0 Å². The Morgan fingerprint density at radius 2 is 1.93 bits per heavy atom. The average molecular weight is 232 g/mol. The highest BCUT2D eigenvalue weighted by Crippen LogP contribution is 2.58. The first kappa shape index (κ1) is 10.1. The molecule has 0 saturated heterocycles. The number of aromatic nitrogens is 2. The highest BCUT2D eigenvalue weighted by Gasteiger charge is 2.57. The second-order valence-electron chi connectivity index (χ2n) is 4.24. The lowest BCUT2D eigenvalue weighted by Gasteiger charge is -2.03. The molecule has 5 heteroatoms. The molecule has 0 aliphatic heterocycles. The third kappa shape index (κ3) is 1.40. The fraction of sp³-hybridized carbons (Fsp3) is 0.556. The van der Waals surface area contributed by atoms with Gasteiger partial charge in [0.05, 0.1) is 0 Å². The van der Waals surface area contributed by atoms with Crippen molar-refractivity contribution >= 4 is 23.2 Å². The third-order valence-corrected chi connectivity index (χ3v) is 3.47. The van der Waals surface area contributed by atoms with Crippen LogP contribution >= 0.6 is 23.2 Å².